The van der Waals surface area contributed by atoms with Crippen LogP contribution in [0, 0.1) is 0 Å². The van der Waals surface area contributed by atoms with Gasteiger partial charge in [-0.05, 0) is 67.1 Å². The van der Waals surface area contributed by atoms with E-state index in [1.165, 1.54) is 37.4 Å². The summed E-state index contributed by atoms with van der Waals surface area (Å²) in [7, 11) is -0.780. The summed E-state index contributed by atoms with van der Waals surface area (Å²) in [5.41, 5.74) is 1.23. The predicted molar refractivity (Wildman–Crippen MR) is 130 cm³/mol. The van der Waals surface area contributed by atoms with Gasteiger partial charge in [0.2, 0.25) is 0 Å². The Balaban J connectivity index is 1.55. The topological polar surface area (TPSA) is 103 Å². The molecule has 3 aromatic rings. The Kier molecular flexibility index (Phi) is 8.25. The number of hydrogen-bond donors (Lipinski definition) is 2. The van der Waals surface area contributed by atoms with E-state index in [2.05, 4.69) is 10.0 Å². The zero-order valence-electron chi connectivity index (χ0n) is 18.9. The predicted octanol–water partition coefficient (Wildman–Crippen LogP) is 4.41. The SMILES string of the molecule is COc1ccc(C(C)NC(=O)COc2ccc(S(=O)(=O)Nc3ccc(OC)c(Cl)c3)cc2)cc1. The minimum atomic E-state index is -3.84. The number of benzene rings is 3. The fourth-order valence-corrected chi connectivity index (χ4v) is 4.37. The van der Waals surface area contributed by atoms with Gasteiger partial charge in [0.15, 0.2) is 6.61 Å². The summed E-state index contributed by atoms with van der Waals surface area (Å²) in [4.78, 5) is 12.3. The van der Waals surface area contributed by atoms with Crippen molar-refractivity contribution in [3.8, 4) is 17.2 Å². The summed E-state index contributed by atoms with van der Waals surface area (Å²) >= 11 is 6.05. The molecule has 0 spiro atoms. The summed E-state index contributed by atoms with van der Waals surface area (Å²) in [6.45, 7) is 1.65. The molecular weight excluding hydrogens is 480 g/mol. The molecular formula is C24H25ClN2O6S. The zero-order chi connectivity index (χ0) is 24.7. The smallest absolute Gasteiger partial charge is 0.261 e. The average Bonchev–Trinajstić information content (AvgIpc) is 2.83. The number of anilines is 1. The molecule has 1 atom stereocenters. The molecule has 0 saturated carbocycles. The number of carbonyl (C=O) groups is 1. The Bertz CT molecular complexity index is 1230. The van der Waals surface area contributed by atoms with Crippen molar-refractivity contribution in [3.63, 3.8) is 0 Å². The van der Waals surface area contributed by atoms with Crippen molar-refractivity contribution in [3.05, 3.63) is 77.3 Å². The molecule has 8 nitrogen and oxygen atoms in total. The maximum atomic E-state index is 12.6. The Labute approximate surface area is 203 Å². The molecule has 10 heteroatoms. The quantitative estimate of drug-likeness (QED) is 0.424. The molecule has 1 amide bonds. The standard InChI is InChI=1S/C24H25ClN2O6S/c1-16(17-4-7-19(31-2)8-5-17)26-24(28)15-33-20-9-11-21(12-10-20)34(29,30)27-18-6-13-23(32-3)22(25)14-18/h4-14,16,27H,15H2,1-3H3,(H,26,28). The van der Waals surface area contributed by atoms with Crippen LogP contribution < -0.4 is 24.2 Å². The van der Waals surface area contributed by atoms with Crippen molar-refractivity contribution in [2.75, 3.05) is 25.5 Å². The fourth-order valence-electron chi connectivity index (χ4n) is 3.07. The lowest BCUT2D eigenvalue weighted by atomic mass is 10.1. The van der Waals surface area contributed by atoms with E-state index in [4.69, 9.17) is 25.8 Å². The highest BCUT2D eigenvalue weighted by atomic mass is 35.5. The summed E-state index contributed by atoms with van der Waals surface area (Å²) in [6.07, 6.45) is 0. The second-order valence-corrected chi connectivity index (χ2v) is 9.37. The van der Waals surface area contributed by atoms with E-state index < -0.39 is 10.0 Å². The third-order valence-electron chi connectivity index (χ3n) is 4.90. The summed E-state index contributed by atoms with van der Waals surface area (Å²) < 4.78 is 43.4. The Morgan fingerprint density at radius 2 is 1.59 bits per heavy atom. The van der Waals surface area contributed by atoms with E-state index in [0.29, 0.717) is 17.2 Å². The molecule has 180 valence electrons. The van der Waals surface area contributed by atoms with Gasteiger partial charge in [-0.25, -0.2) is 8.42 Å². The zero-order valence-corrected chi connectivity index (χ0v) is 20.4. The van der Waals surface area contributed by atoms with Gasteiger partial charge >= 0.3 is 0 Å². The van der Waals surface area contributed by atoms with Gasteiger partial charge in [-0.15, -0.1) is 0 Å². The molecule has 3 rings (SSSR count). The highest BCUT2D eigenvalue weighted by molar-refractivity contribution is 7.92. The van der Waals surface area contributed by atoms with Gasteiger partial charge < -0.3 is 19.5 Å². The first-order valence-electron chi connectivity index (χ1n) is 10.2. The van der Waals surface area contributed by atoms with Crippen molar-refractivity contribution in [1.82, 2.24) is 5.32 Å². The third-order valence-corrected chi connectivity index (χ3v) is 6.59. The largest absolute Gasteiger partial charge is 0.497 e. The van der Waals surface area contributed by atoms with Crippen molar-refractivity contribution < 1.29 is 27.4 Å². The molecule has 2 N–H and O–H groups in total. The highest BCUT2D eigenvalue weighted by Crippen LogP contribution is 2.28. The summed E-state index contributed by atoms with van der Waals surface area (Å²) in [5, 5.41) is 3.13. The molecule has 1 unspecified atom stereocenters. The second-order valence-electron chi connectivity index (χ2n) is 7.28. The van der Waals surface area contributed by atoms with Gasteiger partial charge in [-0.1, -0.05) is 23.7 Å². The van der Waals surface area contributed by atoms with Crippen LogP contribution in [0.3, 0.4) is 0 Å². The van der Waals surface area contributed by atoms with E-state index in [1.807, 2.05) is 31.2 Å². The van der Waals surface area contributed by atoms with Gasteiger partial charge in [0.05, 0.1) is 35.9 Å². The number of sulfonamides is 1. The Morgan fingerprint density at radius 1 is 0.941 bits per heavy atom. The lowest BCUT2D eigenvalue weighted by molar-refractivity contribution is -0.123. The molecule has 0 radical (unpaired) electrons. The number of hydrogen-bond acceptors (Lipinski definition) is 6. The van der Waals surface area contributed by atoms with E-state index in [-0.39, 0.29) is 28.5 Å². The molecule has 0 heterocycles. The summed E-state index contributed by atoms with van der Waals surface area (Å²) in [6, 6.07) is 17.5. The normalized spacial score (nSPS) is 11.9. The van der Waals surface area contributed by atoms with Gasteiger partial charge in [-0.2, -0.15) is 0 Å². The van der Waals surface area contributed by atoms with Crippen LogP contribution in [0.5, 0.6) is 17.2 Å². The first-order valence-corrected chi connectivity index (χ1v) is 12.1. The van der Waals surface area contributed by atoms with Gasteiger partial charge in [0.25, 0.3) is 15.9 Å². The van der Waals surface area contributed by atoms with Crippen LogP contribution in [0.4, 0.5) is 5.69 Å². The molecule has 0 bridgehead atoms. The summed E-state index contributed by atoms with van der Waals surface area (Å²) in [5.74, 6) is 1.23. The lowest BCUT2D eigenvalue weighted by Crippen LogP contribution is -2.31. The van der Waals surface area contributed by atoms with Crippen LogP contribution >= 0.6 is 11.6 Å². The molecule has 0 aliphatic rings. The molecule has 3 aromatic carbocycles. The molecule has 34 heavy (non-hydrogen) atoms. The van der Waals surface area contributed by atoms with Crippen molar-refractivity contribution in [2.24, 2.45) is 0 Å². The minimum absolute atomic E-state index is 0.0318. The van der Waals surface area contributed by atoms with E-state index in [1.54, 1.807) is 19.2 Å². The molecule has 0 aromatic heterocycles. The maximum absolute atomic E-state index is 12.6. The van der Waals surface area contributed by atoms with E-state index in [0.717, 1.165) is 11.3 Å². The van der Waals surface area contributed by atoms with Gasteiger partial charge in [-0.3, -0.25) is 9.52 Å². The monoisotopic (exact) mass is 504 g/mol. The number of rotatable bonds is 10. The second kappa shape index (κ2) is 11.1. The first-order chi connectivity index (χ1) is 16.2. The number of nitrogens with one attached hydrogen (secondary N) is 2. The lowest BCUT2D eigenvalue weighted by Gasteiger charge is -2.15. The third kappa shape index (κ3) is 6.55. The Morgan fingerprint density at radius 3 is 2.18 bits per heavy atom. The number of amides is 1. The van der Waals surface area contributed by atoms with Crippen molar-refractivity contribution >= 4 is 33.2 Å². The van der Waals surface area contributed by atoms with Crippen LogP contribution in [-0.4, -0.2) is 35.2 Å². The first kappa shape index (κ1) is 25.2. The molecule has 0 saturated heterocycles. The van der Waals surface area contributed by atoms with Crippen LogP contribution in [0.15, 0.2) is 71.6 Å². The Hall–Kier alpha value is -3.43. The average molecular weight is 505 g/mol. The number of carbonyl (C=O) groups excluding carboxylic acids is 1. The van der Waals surface area contributed by atoms with Gasteiger partial charge in [0.1, 0.15) is 17.2 Å². The van der Waals surface area contributed by atoms with E-state index >= 15 is 0 Å². The number of halogens is 1. The maximum Gasteiger partial charge on any atom is 0.261 e. The van der Waals surface area contributed by atoms with Gasteiger partial charge in [0, 0.05) is 0 Å². The van der Waals surface area contributed by atoms with Crippen LogP contribution in [-0.2, 0) is 14.8 Å². The highest BCUT2D eigenvalue weighted by Gasteiger charge is 2.16. The fraction of sp³-hybridized carbons (Fsp3) is 0.208. The van der Waals surface area contributed by atoms with Crippen LogP contribution in [0.25, 0.3) is 0 Å². The van der Waals surface area contributed by atoms with E-state index in [9.17, 15) is 13.2 Å². The molecule has 0 aliphatic carbocycles. The number of methoxy groups -OCH3 is 2. The minimum Gasteiger partial charge on any atom is -0.497 e. The van der Waals surface area contributed by atoms with Crippen LogP contribution in [0.1, 0.15) is 18.5 Å². The van der Waals surface area contributed by atoms with Crippen LogP contribution in [0.2, 0.25) is 5.02 Å². The molecule has 0 fully saturated rings. The van der Waals surface area contributed by atoms with Crippen molar-refractivity contribution in [2.45, 2.75) is 17.9 Å². The number of ether oxygens (including phenoxy) is 3. The van der Waals surface area contributed by atoms with Crippen molar-refractivity contribution in [1.29, 1.82) is 0 Å². The molecule has 0 aliphatic heterocycles.